The number of nitrogens with zero attached hydrogens (tertiary/aromatic N) is 3. The molecule has 288 valence electrons. The van der Waals surface area contributed by atoms with Crippen molar-refractivity contribution in [2.45, 2.75) is 199 Å². The normalized spacial score (nSPS) is 35.5. The van der Waals surface area contributed by atoms with Crippen molar-refractivity contribution >= 4 is 5.69 Å². The van der Waals surface area contributed by atoms with Crippen molar-refractivity contribution in [2.75, 3.05) is 4.90 Å². The van der Waals surface area contributed by atoms with Gasteiger partial charge in [-0.1, -0.05) is 129 Å². The maximum atomic E-state index is 3.14. The van der Waals surface area contributed by atoms with Crippen LogP contribution in [0.4, 0.5) is 5.69 Å². The molecule has 3 nitrogen and oxygen atoms in total. The van der Waals surface area contributed by atoms with E-state index in [0.29, 0.717) is 42.2 Å². The summed E-state index contributed by atoms with van der Waals surface area (Å²) >= 11 is 0. The van der Waals surface area contributed by atoms with Crippen LogP contribution in [-0.4, -0.2) is 46.1 Å². The minimum atomic E-state index is 0.135. The number of anilines is 1. The molecule has 0 aromatic heterocycles. The fourth-order valence-electron chi connectivity index (χ4n) is 13.2. The molecular formula is C50H73N3. The summed E-state index contributed by atoms with van der Waals surface area (Å²) in [5, 5.41) is 0. The second-order valence-corrected chi connectivity index (χ2v) is 21.2. The first-order chi connectivity index (χ1) is 25.6. The molecule has 0 spiro atoms. The molecule has 0 N–H and O–H groups in total. The first-order valence-electron chi connectivity index (χ1n) is 22.8. The second-order valence-electron chi connectivity index (χ2n) is 21.2. The summed E-state index contributed by atoms with van der Waals surface area (Å²) in [6.45, 7) is 14.3. The van der Waals surface area contributed by atoms with Gasteiger partial charge in [-0.25, -0.2) is 0 Å². The average Bonchev–Trinajstić information content (AvgIpc) is 3.17. The average molecular weight is 716 g/mol. The summed E-state index contributed by atoms with van der Waals surface area (Å²) in [4.78, 5) is 9.23. The Morgan fingerprint density at radius 1 is 0.528 bits per heavy atom. The van der Waals surface area contributed by atoms with E-state index in [0.717, 1.165) is 17.8 Å². The van der Waals surface area contributed by atoms with Crippen LogP contribution in [0, 0.1) is 29.1 Å². The van der Waals surface area contributed by atoms with Crippen LogP contribution >= 0.6 is 0 Å². The number of benzene rings is 1. The van der Waals surface area contributed by atoms with Crippen molar-refractivity contribution in [2.24, 2.45) is 29.1 Å². The molecule has 4 saturated carbocycles. The van der Waals surface area contributed by atoms with E-state index in [1.165, 1.54) is 132 Å². The van der Waals surface area contributed by atoms with Crippen LogP contribution in [0.25, 0.3) is 0 Å². The van der Waals surface area contributed by atoms with E-state index in [4.69, 9.17) is 0 Å². The van der Waals surface area contributed by atoms with E-state index in [1.807, 2.05) is 0 Å². The van der Waals surface area contributed by atoms with Gasteiger partial charge in [-0.2, -0.15) is 0 Å². The predicted molar refractivity (Wildman–Crippen MR) is 224 cm³/mol. The van der Waals surface area contributed by atoms with Crippen LogP contribution in [0.2, 0.25) is 0 Å². The summed E-state index contributed by atoms with van der Waals surface area (Å²) in [5.74, 6) is 3.55. The molecule has 2 heterocycles. The molecule has 6 aliphatic carbocycles. The first kappa shape index (κ1) is 36.2. The van der Waals surface area contributed by atoms with Gasteiger partial charge in [0.2, 0.25) is 0 Å². The van der Waals surface area contributed by atoms with E-state index >= 15 is 0 Å². The van der Waals surface area contributed by atoms with Gasteiger partial charge < -0.3 is 14.7 Å². The first-order valence-corrected chi connectivity index (χ1v) is 22.8. The minimum absolute atomic E-state index is 0.135. The zero-order valence-electron chi connectivity index (χ0n) is 34.5. The van der Waals surface area contributed by atoms with E-state index in [9.17, 15) is 0 Å². The van der Waals surface area contributed by atoms with Gasteiger partial charge in [-0.05, 0) is 128 Å². The smallest absolute Gasteiger partial charge is 0.0721 e. The van der Waals surface area contributed by atoms with Crippen LogP contribution < -0.4 is 4.90 Å². The zero-order chi connectivity index (χ0) is 36.5. The van der Waals surface area contributed by atoms with Crippen molar-refractivity contribution in [3.05, 3.63) is 77.2 Å². The third-order valence-corrected chi connectivity index (χ3v) is 16.1. The third-order valence-electron chi connectivity index (χ3n) is 16.1. The highest BCUT2D eigenvalue weighted by molar-refractivity contribution is 5.57. The van der Waals surface area contributed by atoms with Gasteiger partial charge in [0.15, 0.2) is 0 Å². The van der Waals surface area contributed by atoms with Crippen LogP contribution in [-0.2, 0) is 5.41 Å². The fourth-order valence-corrected chi connectivity index (χ4v) is 13.2. The predicted octanol–water partition coefficient (Wildman–Crippen LogP) is 12.5. The van der Waals surface area contributed by atoms with E-state index in [1.54, 1.807) is 11.4 Å². The lowest BCUT2D eigenvalue weighted by Gasteiger charge is -2.66. The van der Waals surface area contributed by atoms with Crippen molar-refractivity contribution in [1.82, 2.24) is 9.80 Å². The third kappa shape index (κ3) is 6.68. The fraction of sp³-hybridized carbons (Fsp3) is 0.720. The lowest BCUT2D eigenvalue weighted by atomic mass is 9.69. The number of rotatable bonds is 4. The van der Waals surface area contributed by atoms with Gasteiger partial charge in [0.25, 0.3) is 0 Å². The second kappa shape index (κ2) is 14.3. The maximum absolute atomic E-state index is 3.14. The molecule has 1 aromatic rings. The summed E-state index contributed by atoms with van der Waals surface area (Å²) in [6.07, 6.45) is 39.0. The van der Waals surface area contributed by atoms with E-state index < -0.39 is 0 Å². The molecule has 0 radical (unpaired) electrons. The standard InChI is InChI=1S/C50H73N3/c1-49(2,3)38-23-28-41(29-24-38)52-43-31-25-39(50(4,5)6)33-47(43)53-46-32-37(35-16-11-8-12-17-35)22-30-42(46)51(44-18-13-19-45(52)48(44)53)40-26-20-36(21-27-40)34-14-9-7-10-15-34/h22-25,28-31,33-37,40,43-45,47-48H,7-21,26-27,32H2,1-6H3. The van der Waals surface area contributed by atoms with Crippen LogP contribution in [0.1, 0.15) is 163 Å². The Balaban J connectivity index is 1.13. The number of hydrogen-bond donors (Lipinski definition) is 0. The van der Waals surface area contributed by atoms with Gasteiger partial charge in [0, 0.05) is 17.4 Å². The molecule has 5 fully saturated rings. The van der Waals surface area contributed by atoms with Gasteiger partial charge in [-0.3, -0.25) is 0 Å². The number of piperazine rings is 1. The van der Waals surface area contributed by atoms with Crippen LogP contribution in [0.3, 0.4) is 0 Å². The Bertz CT molecular complexity index is 1580. The molecule has 9 rings (SSSR count). The topological polar surface area (TPSA) is 9.72 Å². The minimum Gasteiger partial charge on any atom is -0.362 e. The van der Waals surface area contributed by atoms with Crippen molar-refractivity contribution in [1.29, 1.82) is 0 Å². The van der Waals surface area contributed by atoms with Crippen LogP contribution in [0.5, 0.6) is 0 Å². The molecule has 53 heavy (non-hydrogen) atoms. The lowest BCUT2D eigenvalue weighted by Crippen LogP contribution is -2.76. The Morgan fingerprint density at radius 2 is 1.15 bits per heavy atom. The van der Waals surface area contributed by atoms with Gasteiger partial charge in [-0.15, -0.1) is 0 Å². The summed E-state index contributed by atoms with van der Waals surface area (Å²) in [7, 11) is 0. The summed E-state index contributed by atoms with van der Waals surface area (Å²) in [5.41, 5.74) is 8.10. The van der Waals surface area contributed by atoms with E-state index in [2.05, 4.69) is 111 Å². The number of fused-ring (bicyclic) bond motifs is 3. The Labute approximate surface area is 324 Å². The summed E-state index contributed by atoms with van der Waals surface area (Å²) < 4.78 is 0. The molecular weight excluding hydrogens is 643 g/mol. The van der Waals surface area contributed by atoms with E-state index in [-0.39, 0.29) is 10.8 Å². The Kier molecular flexibility index (Phi) is 9.75. The van der Waals surface area contributed by atoms with Crippen molar-refractivity contribution in [3.63, 3.8) is 0 Å². The SMILES string of the molecule is CC(C)(C)C1=CC2C(C=C1)N(c1ccc(C(C)(C)C)cc1)C1CCCC3C1N2C1=C(C=CC(C2CCCCC2)C1)N3C1CCC(C2CCCCC2)CC1. The summed E-state index contributed by atoms with van der Waals surface area (Å²) in [6, 6.07) is 12.9. The Morgan fingerprint density at radius 3 is 1.79 bits per heavy atom. The molecule has 3 heteroatoms. The molecule has 1 saturated heterocycles. The Hall–Kier alpha value is -2.42. The maximum Gasteiger partial charge on any atom is 0.0721 e. The lowest BCUT2D eigenvalue weighted by molar-refractivity contribution is -0.0274. The molecule has 0 amide bonds. The molecule has 1 aromatic carbocycles. The van der Waals surface area contributed by atoms with Crippen molar-refractivity contribution < 1.29 is 0 Å². The van der Waals surface area contributed by atoms with Gasteiger partial charge in [0.05, 0.1) is 35.9 Å². The number of hydrogen-bond acceptors (Lipinski definition) is 3. The zero-order valence-corrected chi connectivity index (χ0v) is 34.5. The molecule has 2 aliphatic heterocycles. The monoisotopic (exact) mass is 716 g/mol. The van der Waals surface area contributed by atoms with Gasteiger partial charge in [0.1, 0.15) is 0 Å². The molecule has 8 aliphatic rings. The highest BCUT2D eigenvalue weighted by Gasteiger charge is 2.57. The molecule has 6 atom stereocenters. The number of allylic oxidation sites excluding steroid dienone is 5. The highest BCUT2D eigenvalue weighted by Crippen LogP contribution is 2.53. The molecule has 6 unspecified atom stereocenters. The van der Waals surface area contributed by atoms with Crippen molar-refractivity contribution in [3.8, 4) is 0 Å². The largest absolute Gasteiger partial charge is 0.362 e. The highest BCUT2D eigenvalue weighted by atomic mass is 15.4. The van der Waals surface area contributed by atoms with Gasteiger partial charge >= 0.3 is 0 Å². The van der Waals surface area contributed by atoms with Crippen LogP contribution in [0.15, 0.2) is 71.6 Å². The molecule has 0 bridgehead atoms. The quantitative estimate of drug-likeness (QED) is 0.307.